The quantitative estimate of drug-likeness (QED) is 0.421. The fourth-order valence-electron chi connectivity index (χ4n) is 0.946. The van der Waals surface area contributed by atoms with Gasteiger partial charge in [-0.1, -0.05) is 40.5 Å². The van der Waals surface area contributed by atoms with Gasteiger partial charge in [0.15, 0.2) is 0 Å². The second kappa shape index (κ2) is 11.6. The second-order valence-electron chi connectivity index (χ2n) is 5.10. The first-order valence-corrected chi connectivity index (χ1v) is 5.87. The Morgan fingerprint density at radius 2 is 1.50 bits per heavy atom. The molecule has 18 heavy (non-hydrogen) atoms. The van der Waals surface area contributed by atoms with Crippen molar-refractivity contribution < 1.29 is 38.7 Å². The van der Waals surface area contributed by atoms with Crippen molar-refractivity contribution in [3.63, 3.8) is 0 Å². The van der Waals surface area contributed by atoms with E-state index in [0.717, 1.165) is 0 Å². The average molecular weight is 252 g/mol. The molecule has 0 aliphatic rings. The number of carboxylic acids is 2. The topological polar surface area (TPSA) is 74.6 Å². The first-order chi connectivity index (χ1) is 7.61. The minimum absolute atomic E-state index is 0. The van der Waals surface area contributed by atoms with E-state index in [-0.39, 0.29) is 18.9 Å². The van der Waals surface area contributed by atoms with Gasteiger partial charge in [0.25, 0.3) is 0 Å². The van der Waals surface area contributed by atoms with Crippen LogP contribution >= 0.6 is 0 Å². The van der Waals surface area contributed by atoms with Crippen molar-refractivity contribution in [1.29, 1.82) is 0 Å². The van der Waals surface area contributed by atoms with Crippen LogP contribution in [0.4, 0.5) is 0 Å². The number of rotatable bonds is 5. The minimum Gasteiger partial charge on any atom is -0.481 e. The van der Waals surface area contributed by atoms with Crippen LogP contribution in [0.3, 0.4) is 0 Å². The molecule has 0 bridgehead atoms. The summed E-state index contributed by atoms with van der Waals surface area (Å²) in [5.41, 5.74) is 0.426. The molecule has 0 amide bonds. The number of carboxylic acid groups (broad SMARTS) is 2. The Kier molecular flexibility index (Phi) is 14.6. The first kappa shape index (κ1) is 22.7. The normalized spacial score (nSPS) is 10.1. The largest absolute Gasteiger partial charge is 1.00 e. The van der Waals surface area contributed by atoms with E-state index in [1.807, 2.05) is 0 Å². The maximum absolute atomic E-state index is 9.43. The van der Waals surface area contributed by atoms with Crippen LogP contribution in [0.5, 0.6) is 0 Å². The molecule has 5 heteroatoms. The van der Waals surface area contributed by atoms with Crippen molar-refractivity contribution in [3.8, 4) is 0 Å². The van der Waals surface area contributed by atoms with Crippen molar-refractivity contribution in [1.82, 2.24) is 0 Å². The van der Waals surface area contributed by atoms with E-state index >= 15 is 0 Å². The molecule has 0 aromatic rings. The van der Waals surface area contributed by atoms with Gasteiger partial charge in [-0.3, -0.25) is 9.59 Å². The molecule has 0 heterocycles. The maximum atomic E-state index is 9.43. The van der Waals surface area contributed by atoms with Gasteiger partial charge in [-0.25, -0.2) is 0 Å². The van der Waals surface area contributed by atoms with Crippen LogP contribution in [0.25, 0.3) is 0 Å². The van der Waals surface area contributed by atoms with Gasteiger partial charge in [-0.2, -0.15) is 18.8 Å². The Bertz CT molecular complexity index is 222. The zero-order chi connectivity index (χ0) is 14.1. The summed E-state index contributed by atoms with van der Waals surface area (Å²) in [6, 6.07) is 0. The predicted octanol–water partition coefficient (Wildman–Crippen LogP) is 0.367. The smallest absolute Gasteiger partial charge is 0.481 e. The Labute approximate surface area is 122 Å². The van der Waals surface area contributed by atoms with E-state index in [0.29, 0.717) is 5.41 Å². The van der Waals surface area contributed by atoms with Crippen LogP contribution in [0, 0.1) is 11.3 Å². The summed E-state index contributed by atoms with van der Waals surface area (Å²) in [5.74, 6) is -0.991. The third kappa shape index (κ3) is 17.9. The fourth-order valence-corrected chi connectivity index (χ4v) is 0.946. The molecular formula is C13H25LiO4. The SMILES string of the molecule is CCCC[C-](C)C(C)(C)C.O=C(O)CC(=O)O.[Li+]. The first-order valence-electron chi connectivity index (χ1n) is 5.87. The molecule has 0 aliphatic heterocycles. The van der Waals surface area contributed by atoms with E-state index < -0.39 is 18.4 Å². The Morgan fingerprint density at radius 1 is 1.11 bits per heavy atom. The van der Waals surface area contributed by atoms with Crippen molar-refractivity contribution in [2.24, 2.45) is 5.41 Å². The van der Waals surface area contributed by atoms with E-state index in [1.54, 1.807) is 5.92 Å². The second-order valence-corrected chi connectivity index (χ2v) is 5.10. The average Bonchev–Trinajstić information content (AvgIpc) is 2.11. The molecule has 0 rings (SSSR count). The molecule has 2 N–H and O–H groups in total. The van der Waals surface area contributed by atoms with Crippen LogP contribution in [0.1, 0.15) is 60.3 Å². The molecule has 0 fully saturated rings. The molecule has 4 nitrogen and oxygen atoms in total. The monoisotopic (exact) mass is 252 g/mol. The van der Waals surface area contributed by atoms with Crippen LogP contribution in [0.15, 0.2) is 0 Å². The number of hydrogen-bond acceptors (Lipinski definition) is 2. The van der Waals surface area contributed by atoms with Gasteiger partial charge >= 0.3 is 30.8 Å². The van der Waals surface area contributed by atoms with E-state index in [9.17, 15) is 9.59 Å². The molecule has 0 spiro atoms. The summed E-state index contributed by atoms with van der Waals surface area (Å²) < 4.78 is 0. The van der Waals surface area contributed by atoms with Crippen molar-refractivity contribution in [3.05, 3.63) is 5.92 Å². The van der Waals surface area contributed by atoms with Gasteiger partial charge < -0.3 is 16.1 Å². The van der Waals surface area contributed by atoms with Crippen LogP contribution < -0.4 is 18.9 Å². The van der Waals surface area contributed by atoms with Crippen molar-refractivity contribution in [2.45, 2.75) is 60.3 Å². The number of hydrogen-bond donors (Lipinski definition) is 2. The standard InChI is InChI=1S/C10H21.C3H4O4.Li/c1-6-7-8-9(2)10(3,4)5;4-2(5)1-3(6)7;/h6-8H2,1-5H3;1H2,(H,4,5)(H,6,7);/q-1;;+1. The molecule has 0 unspecified atom stereocenters. The fraction of sp³-hybridized carbons (Fsp3) is 0.769. The molecular weight excluding hydrogens is 227 g/mol. The third-order valence-corrected chi connectivity index (χ3v) is 2.49. The Balaban J connectivity index is -0.000000251. The molecule has 0 aliphatic carbocycles. The Hall–Kier alpha value is -0.463. The van der Waals surface area contributed by atoms with E-state index in [4.69, 9.17) is 10.2 Å². The zero-order valence-corrected chi connectivity index (χ0v) is 12.5. The summed E-state index contributed by atoms with van der Waals surface area (Å²) in [6.45, 7) is 11.4. The molecule has 102 valence electrons. The maximum Gasteiger partial charge on any atom is 1.00 e. The molecule has 0 saturated heterocycles. The van der Waals surface area contributed by atoms with Gasteiger partial charge in [0.2, 0.25) is 0 Å². The van der Waals surface area contributed by atoms with Crippen molar-refractivity contribution >= 4 is 11.9 Å². The third-order valence-electron chi connectivity index (χ3n) is 2.49. The minimum atomic E-state index is -1.31. The number of carbonyl (C=O) groups is 2. The molecule has 0 aromatic heterocycles. The van der Waals surface area contributed by atoms with E-state index in [1.165, 1.54) is 19.3 Å². The van der Waals surface area contributed by atoms with Gasteiger partial charge in [0, 0.05) is 0 Å². The summed E-state index contributed by atoms with van der Waals surface area (Å²) >= 11 is 0. The van der Waals surface area contributed by atoms with Crippen LogP contribution in [0.2, 0.25) is 0 Å². The van der Waals surface area contributed by atoms with Crippen molar-refractivity contribution in [2.75, 3.05) is 0 Å². The molecule has 0 aromatic carbocycles. The predicted molar refractivity (Wildman–Crippen MR) is 67.8 cm³/mol. The van der Waals surface area contributed by atoms with E-state index in [2.05, 4.69) is 34.6 Å². The van der Waals surface area contributed by atoms with Crippen LogP contribution in [-0.2, 0) is 9.59 Å². The summed E-state index contributed by atoms with van der Waals surface area (Å²) in [6.07, 6.45) is 3.16. The van der Waals surface area contributed by atoms with Gasteiger partial charge in [0.05, 0.1) is 0 Å². The summed E-state index contributed by atoms with van der Waals surface area (Å²) in [4.78, 5) is 18.9. The van der Waals surface area contributed by atoms with Crippen LogP contribution in [-0.4, -0.2) is 22.2 Å². The molecule has 0 atom stereocenters. The van der Waals surface area contributed by atoms with Gasteiger partial charge in [0.1, 0.15) is 6.42 Å². The zero-order valence-electron chi connectivity index (χ0n) is 12.5. The molecule has 0 saturated carbocycles. The summed E-state index contributed by atoms with van der Waals surface area (Å²) in [5, 5.41) is 15.4. The molecule has 0 radical (unpaired) electrons. The Morgan fingerprint density at radius 3 is 1.67 bits per heavy atom. The number of aliphatic carboxylic acids is 2. The summed E-state index contributed by atoms with van der Waals surface area (Å²) in [7, 11) is 0. The van der Waals surface area contributed by atoms with Gasteiger partial charge in [-0.05, 0) is 0 Å². The number of unbranched alkanes of at least 4 members (excludes halogenated alkanes) is 1. The van der Waals surface area contributed by atoms with Gasteiger partial charge in [-0.15, -0.1) is 0 Å².